The number of rotatable bonds is 4. The van der Waals surface area contributed by atoms with Gasteiger partial charge in [0, 0.05) is 11.1 Å². The summed E-state index contributed by atoms with van der Waals surface area (Å²) in [5.41, 5.74) is 1.91. The molecule has 1 aromatic heterocycles. The third-order valence-electron chi connectivity index (χ3n) is 3.68. The van der Waals surface area contributed by atoms with E-state index in [-0.39, 0.29) is 17.0 Å². The number of nitrogens with zero attached hydrogens (tertiary/aromatic N) is 1. The Kier molecular flexibility index (Phi) is 4.81. The Morgan fingerprint density at radius 1 is 1.17 bits per heavy atom. The van der Waals surface area contributed by atoms with E-state index < -0.39 is 0 Å². The molecule has 1 atom stereocenters. The Bertz CT molecular complexity index is 897. The zero-order valence-corrected chi connectivity index (χ0v) is 14.2. The molecule has 0 aliphatic heterocycles. The lowest BCUT2D eigenvalue weighted by atomic mass is 10.2. The van der Waals surface area contributed by atoms with Crippen molar-refractivity contribution < 1.29 is 9.18 Å². The summed E-state index contributed by atoms with van der Waals surface area (Å²) in [4.78, 5) is 16.8. The lowest BCUT2D eigenvalue weighted by Gasteiger charge is -2.12. The molecule has 0 aliphatic rings. The number of hydrogen-bond acceptors (Lipinski definition) is 3. The zero-order chi connectivity index (χ0) is 17.1. The molecule has 24 heavy (non-hydrogen) atoms. The van der Waals surface area contributed by atoms with Gasteiger partial charge >= 0.3 is 0 Å². The minimum Gasteiger partial charge on any atom is -0.325 e. The summed E-state index contributed by atoms with van der Waals surface area (Å²) in [5, 5.41) is 4.24. The molecule has 0 aliphatic carbocycles. The van der Waals surface area contributed by atoms with E-state index in [4.69, 9.17) is 0 Å². The van der Waals surface area contributed by atoms with Crippen molar-refractivity contribution in [3.8, 4) is 0 Å². The maximum Gasteiger partial charge on any atom is 0.237 e. The number of aromatic nitrogens is 1. The van der Waals surface area contributed by atoms with Crippen LogP contribution in [0.3, 0.4) is 0 Å². The number of carbonyl (C=O) groups is 1. The maximum atomic E-state index is 13.6. The van der Waals surface area contributed by atoms with E-state index in [9.17, 15) is 9.18 Å². The molecule has 1 unspecified atom stereocenters. The molecule has 0 saturated heterocycles. The number of pyridine rings is 1. The maximum absolute atomic E-state index is 13.6. The fourth-order valence-corrected chi connectivity index (χ4v) is 3.09. The van der Waals surface area contributed by atoms with Crippen LogP contribution in [-0.2, 0) is 4.79 Å². The smallest absolute Gasteiger partial charge is 0.237 e. The summed E-state index contributed by atoms with van der Waals surface area (Å²) < 4.78 is 13.6. The summed E-state index contributed by atoms with van der Waals surface area (Å²) in [6, 6.07) is 16.4. The molecule has 0 fully saturated rings. The molecule has 122 valence electrons. The van der Waals surface area contributed by atoms with E-state index in [0.29, 0.717) is 11.3 Å². The molecule has 0 saturated carbocycles. The highest BCUT2D eigenvalue weighted by molar-refractivity contribution is 8.00. The van der Waals surface area contributed by atoms with Crippen molar-refractivity contribution in [1.29, 1.82) is 0 Å². The van der Waals surface area contributed by atoms with Crippen molar-refractivity contribution in [2.75, 3.05) is 5.32 Å². The highest BCUT2D eigenvalue weighted by atomic mass is 32.2. The van der Waals surface area contributed by atoms with Crippen LogP contribution in [0, 0.1) is 12.7 Å². The van der Waals surface area contributed by atoms with Crippen LogP contribution in [0.1, 0.15) is 12.5 Å². The number of anilines is 1. The first kappa shape index (κ1) is 16.5. The lowest BCUT2D eigenvalue weighted by molar-refractivity contribution is -0.115. The van der Waals surface area contributed by atoms with Gasteiger partial charge in [-0.1, -0.05) is 42.1 Å². The van der Waals surface area contributed by atoms with Crippen LogP contribution in [0.15, 0.2) is 59.6 Å². The minimum atomic E-state index is -0.344. The normalized spacial score (nSPS) is 12.1. The molecule has 3 rings (SSSR count). The molecule has 5 heteroatoms. The molecular weight excluding hydrogens is 323 g/mol. The van der Waals surface area contributed by atoms with Gasteiger partial charge in [-0.25, -0.2) is 9.37 Å². The van der Waals surface area contributed by atoms with E-state index in [1.807, 2.05) is 36.4 Å². The summed E-state index contributed by atoms with van der Waals surface area (Å²) in [6.07, 6.45) is 0. The van der Waals surface area contributed by atoms with E-state index in [2.05, 4.69) is 10.3 Å². The van der Waals surface area contributed by atoms with Crippen LogP contribution < -0.4 is 5.32 Å². The Morgan fingerprint density at radius 2 is 1.96 bits per heavy atom. The topological polar surface area (TPSA) is 42.0 Å². The zero-order valence-electron chi connectivity index (χ0n) is 13.4. The van der Waals surface area contributed by atoms with Crippen LogP contribution in [0.25, 0.3) is 10.9 Å². The van der Waals surface area contributed by atoms with Gasteiger partial charge in [-0.05, 0) is 43.7 Å². The second-order valence-electron chi connectivity index (χ2n) is 5.56. The fraction of sp³-hybridized carbons (Fsp3) is 0.158. The molecule has 3 nitrogen and oxygen atoms in total. The van der Waals surface area contributed by atoms with Crippen molar-refractivity contribution >= 4 is 34.3 Å². The average Bonchev–Trinajstić information content (AvgIpc) is 2.58. The van der Waals surface area contributed by atoms with Gasteiger partial charge in [-0.15, -0.1) is 0 Å². The van der Waals surface area contributed by atoms with Gasteiger partial charge < -0.3 is 5.32 Å². The van der Waals surface area contributed by atoms with Gasteiger partial charge in [-0.2, -0.15) is 0 Å². The van der Waals surface area contributed by atoms with E-state index >= 15 is 0 Å². The second kappa shape index (κ2) is 7.01. The first-order valence-electron chi connectivity index (χ1n) is 7.62. The Morgan fingerprint density at radius 3 is 2.75 bits per heavy atom. The highest BCUT2D eigenvalue weighted by Gasteiger charge is 2.16. The van der Waals surface area contributed by atoms with Crippen molar-refractivity contribution in [1.82, 2.24) is 4.98 Å². The van der Waals surface area contributed by atoms with Gasteiger partial charge in [0.1, 0.15) is 5.82 Å². The highest BCUT2D eigenvalue weighted by Crippen LogP contribution is 2.25. The van der Waals surface area contributed by atoms with Crippen LogP contribution >= 0.6 is 11.8 Å². The quantitative estimate of drug-likeness (QED) is 0.694. The van der Waals surface area contributed by atoms with Crippen molar-refractivity contribution in [2.45, 2.75) is 24.1 Å². The number of halogens is 1. The lowest BCUT2D eigenvalue weighted by Crippen LogP contribution is -2.22. The van der Waals surface area contributed by atoms with Crippen molar-refractivity contribution in [3.63, 3.8) is 0 Å². The van der Waals surface area contributed by atoms with Gasteiger partial charge in [-0.3, -0.25) is 4.79 Å². The summed E-state index contributed by atoms with van der Waals surface area (Å²) >= 11 is 1.38. The van der Waals surface area contributed by atoms with E-state index in [0.717, 1.165) is 15.9 Å². The monoisotopic (exact) mass is 340 g/mol. The molecular formula is C19H17FN2OS. The number of amides is 1. The van der Waals surface area contributed by atoms with Crippen LogP contribution in [0.2, 0.25) is 0 Å². The number of nitrogens with one attached hydrogen (secondary N) is 1. The largest absolute Gasteiger partial charge is 0.325 e. The molecule has 1 N–H and O–H groups in total. The average molecular weight is 340 g/mol. The van der Waals surface area contributed by atoms with Crippen molar-refractivity contribution in [3.05, 3.63) is 66.0 Å². The fourth-order valence-electron chi connectivity index (χ4n) is 2.26. The molecule has 0 spiro atoms. The summed E-state index contributed by atoms with van der Waals surface area (Å²) in [6.45, 7) is 3.49. The van der Waals surface area contributed by atoms with Crippen LogP contribution in [-0.4, -0.2) is 16.1 Å². The molecule has 3 aromatic rings. The molecule has 1 amide bonds. The summed E-state index contributed by atoms with van der Waals surface area (Å²) in [7, 11) is 0. The number of para-hydroxylation sites is 1. The first-order chi connectivity index (χ1) is 11.5. The Hall–Kier alpha value is -2.40. The van der Waals surface area contributed by atoms with Crippen molar-refractivity contribution in [2.24, 2.45) is 0 Å². The number of aryl methyl sites for hydroxylation is 1. The van der Waals surface area contributed by atoms with E-state index in [1.165, 1.54) is 17.8 Å². The van der Waals surface area contributed by atoms with Gasteiger partial charge in [0.25, 0.3) is 0 Å². The number of hydrogen-bond donors (Lipinski definition) is 1. The number of fused-ring (bicyclic) bond motifs is 1. The minimum absolute atomic E-state index is 0.182. The molecule has 1 heterocycles. The predicted molar refractivity (Wildman–Crippen MR) is 96.8 cm³/mol. The first-order valence-corrected chi connectivity index (χ1v) is 8.50. The van der Waals surface area contributed by atoms with E-state index in [1.54, 1.807) is 26.0 Å². The predicted octanol–water partition coefficient (Wildman–Crippen LogP) is 4.80. The van der Waals surface area contributed by atoms with Crippen LogP contribution in [0.5, 0.6) is 0 Å². The Balaban J connectivity index is 1.69. The van der Waals surface area contributed by atoms with Crippen LogP contribution in [0.4, 0.5) is 10.1 Å². The number of carbonyl (C=O) groups excluding carboxylic acids is 1. The second-order valence-corrected chi connectivity index (χ2v) is 6.92. The standard InChI is InChI=1S/C19H17FN2OS/c1-12-7-9-15(11-16(12)20)21-19(23)13(2)24-18-10-8-14-5-3-4-6-17(14)22-18/h3-11,13H,1-2H3,(H,21,23). The molecule has 2 aromatic carbocycles. The third-order valence-corrected chi connectivity index (χ3v) is 4.72. The summed E-state index contributed by atoms with van der Waals surface area (Å²) in [5.74, 6) is -0.512. The SMILES string of the molecule is Cc1ccc(NC(=O)C(C)Sc2ccc3ccccc3n2)cc1F. The molecule has 0 bridgehead atoms. The Labute approximate surface area is 144 Å². The van der Waals surface area contributed by atoms with Gasteiger partial charge in [0.05, 0.1) is 15.8 Å². The van der Waals surface area contributed by atoms with Gasteiger partial charge in [0.15, 0.2) is 0 Å². The molecule has 0 radical (unpaired) electrons. The number of thioether (sulfide) groups is 1. The number of benzene rings is 2. The van der Waals surface area contributed by atoms with Gasteiger partial charge in [0.2, 0.25) is 5.91 Å². The third kappa shape index (κ3) is 3.74.